The highest BCUT2D eigenvalue weighted by molar-refractivity contribution is 5.77. The minimum Gasteiger partial charge on any atom is -0.497 e. The molecule has 0 saturated carbocycles. The molecule has 0 saturated heterocycles. The first-order chi connectivity index (χ1) is 12.9. The van der Waals surface area contributed by atoms with E-state index in [1.807, 2.05) is 30.5 Å². The van der Waals surface area contributed by atoms with Gasteiger partial charge in [-0.3, -0.25) is 23.3 Å². The van der Waals surface area contributed by atoms with Crippen LogP contribution in [-0.2, 0) is 7.05 Å². The maximum Gasteiger partial charge on any atom is 0.329 e. The molecule has 0 unspecified atom stereocenters. The van der Waals surface area contributed by atoms with Crippen molar-refractivity contribution in [3.05, 3.63) is 50.4 Å². The lowest BCUT2D eigenvalue weighted by Crippen LogP contribution is -2.28. The lowest BCUT2D eigenvalue weighted by Gasteiger charge is -2.13. The Morgan fingerprint density at radius 2 is 1.81 bits per heavy atom. The van der Waals surface area contributed by atoms with Crippen molar-refractivity contribution in [1.29, 1.82) is 0 Å². The van der Waals surface area contributed by atoms with Crippen molar-refractivity contribution in [3.8, 4) is 17.2 Å². The molecule has 0 radical (unpaired) electrons. The summed E-state index contributed by atoms with van der Waals surface area (Å²) in [5.41, 5.74) is 2.18. The molecule has 4 rings (SSSR count). The minimum absolute atomic E-state index is 0.322. The van der Waals surface area contributed by atoms with Gasteiger partial charge < -0.3 is 9.47 Å². The molecule has 0 bridgehead atoms. The summed E-state index contributed by atoms with van der Waals surface area (Å²) in [5.74, 6) is 1.79. The van der Waals surface area contributed by atoms with Gasteiger partial charge in [-0.15, -0.1) is 0 Å². The van der Waals surface area contributed by atoms with Gasteiger partial charge in [0.2, 0.25) is 5.78 Å². The van der Waals surface area contributed by atoms with E-state index in [-0.39, 0.29) is 0 Å². The Kier molecular flexibility index (Phi) is 3.62. The molecule has 3 aromatic heterocycles. The molecule has 9 nitrogen and oxygen atoms in total. The van der Waals surface area contributed by atoms with E-state index in [2.05, 4.69) is 9.97 Å². The van der Waals surface area contributed by atoms with E-state index in [1.54, 1.807) is 31.7 Å². The van der Waals surface area contributed by atoms with Crippen LogP contribution in [0.15, 0.2) is 27.8 Å². The van der Waals surface area contributed by atoms with Crippen LogP contribution in [0.5, 0.6) is 11.5 Å². The van der Waals surface area contributed by atoms with Crippen molar-refractivity contribution in [3.63, 3.8) is 0 Å². The fraction of sp³-hybridized carbons (Fsp3) is 0.278. The van der Waals surface area contributed by atoms with Gasteiger partial charge in [-0.05, 0) is 26.0 Å². The van der Waals surface area contributed by atoms with Crippen LogP contribution in [-0.4, -0.2) is 37.7 Å². The van der Waals surface area contributed by atoms with Gasteiger partial charge in [0.1, 0.15) is 11.5 Å². The summed E-state index contributed by atoms with van der Waals surface area (Å²) >= 11 is 0. The fourth-order valence-electron chi connectivity index (χ4n) is 3.37. The number of aromatic nitrogens is 5. The van der Waals surface area contributed by atoms with Gasteiger partial charge in [-0.1, -0.05) is 0 Å². The maximum atomic E-state index is 12.5. The van der Waals surface area contributed by atoms with Crippen LogP contribution >= 0.6 is 0 Å². The molecule has 0 spiro atoms. The van der Waals surface area contributed by atoms with Gasteiger partial charge in [0.25, 0.3) is 5.56 Å². The summed E-state index contributed by atoms with van der Waals surface area (Å²) in [6.45, 7) is 3.84. The highest BCUT2D eigenvalue weighted by atomic mass is 16.5. The van der Waals surface area contributed by atoms with E-state index < -0.39 is 11.2 Å². The molecule has 9 heteroatoms. The second kappa shape index (κ2) is 5.76. The third-order valence-corrected chi connectivity index (χ3v) is 4.92. The van der Waals surface area contributed by atoms with Crippen molar-refractivity contribution in [1.82, 2.24) is 23.5 Å². The monoisotopic (exact) mass is 369 g/mol. The summed E-state index contributed by atoms with van der Waals surface area (Å²) < 4.78 is 15.8. The Balaban J connectivity index is 2.18. The molecule has 4 aromatic rings. The van der Waals surface area contributed by atoms with E-state index in [1.165, 1.54) is 4.57 Å². The Labute approximate surface area is 153 Å². The van der Waals surface area contributed by atoms with E-state index >= 15 is 0 Å². The van der Waals surface area contributed by atoms with E-state index in [9.17, 15) is 9.59 Å². The third kappa shape index (κ3) is 2.21. The Morgan fingerprint density at radius 1 is 1.07 bits per heavy atom. The second-order valence-corrected chi connectivity index (χ2v) is 6.28. The normalized spacial score (nSPS) is 11.4. The van der Waals surface area contributed by atoms with Gasteiger partial charge in [0.05, 0.1) is 19.9 Å². The highest BCUT2D eigenvalue weighted by Crippen LogP contribution is 2.32. The zero-order chi connectivity index (χ0) is 19.5. The predicted octanol–water partition coefficient (Wildman–Crippen LogP) is 1.30. The topological polar surface area (TPSA) is 95.6 Å². The molecule has 27 heavy (non-hydrogen) atoms. The van der Waals surface area contributed by atoms with E-state index in [0.29, 0.717) is 28.4 Å². The highest BCUT2D eigenvalue weighted by Gasteiger charge is 2.22. The van der Waals surface area contributed by atoms with Gasteiger partial charge in [-0.2, -0.15) is 4.98 Å². The van der Waals surface area contributed by atoms with E-state index in [4.69, 9.17) is 9.47 Å². The molecule has 0 aliphatic rings. The summed E-state index contributed by atoms with van der Waals surface area (Å²) in [6, 6.07) is 5.48. The third-order valence-electron chi connectivity index (χ3n) is 4.92. The number of rotatable bonds is 3. The fourth-order valence-corrected chi connectivity index (χ4v) is 3.37. The average molecular weight is 369 g/mol. The lowest BCUT2D eigenvalue weighted by molar-refractivity contribution is 0.393. The number of nitrogens with one attached hydrogen (secondary N) is 1. The number of aryl methyl sites for hydroxylation is 2. The van der Waals surface area contributed by atoms with Crippen molar-refractivity contribution in [2.45, 2.75) is 13.8 Å². The van der Waals surface area contributed by atoms with Crippen molar-refractivity contribution in [2.24, 2.45) is 7.05 Å². The Bertz CT molecular complexity index is 1320. The number of imidazole rings is 2. The molecule has 0 amide bonds. The summed E-state index contributed by atoms with van der Waals surface area (Å²) in [6.07, 6.45) is 0. The molecule has 0 atom stereocenters. The molecule has 0 aliphatic heterocycles. The molecule has 1 N–H and O–H groups in total. The lowest BCUT2D eigenvalue weighted by atomic mass is 10.2. The number of nitrogens with zero attached hydrogens (tertiary/aromatic N) is 4. The molecule has 3 heterocycles. The molecule has 1 aromatic carbocycles. The molecule has 0 fully saturated rings. The Morgan fingerprint density at radius 3 is 2.48 bits per heavy atom. The molecular weight excluding hydrogens is 350 g/mol. The number of methoxy groups -OCH3 is 2. The van der Waals surface area contributed by atoms with E-state index in [0.717, 1.165) is 17.1 Å². The van der Waals surface area contributed by atoms with Crippen LogP contribution in [0.25, 0.3) is 22.6 Å². The zero-order valence-corrected chi connectivity index (χ0v) is 15.7. The van der Waals surface area contributed by atoms with Gasteiger partial charge >= 0.3 is 5.69 Å². The first-order valence-electron chi connectivity index (χ1n) is 8.30. The quantitative estimate of drug-likeness (QED) is 0.587. The number of hydrogen-bond acceptors (Lipinski definition) is 5. The summed E-state index contributed by atoms with van der Waals surface area (Å²) in [7, 11) is 4.75. The van der Waals surface area contributed by atoms with Crippen LogP contribution < -0.4 is 20.7 Å². The SMILES string of the molecule is COc1ccc(-n2c(C)c(C)n3c4c(=O)[nH]c(=O)n(C)c4nc23)c(OC)c1. The van der Waals surface area contributed by atoms with Gasteiger partial charge in [-0.25, -0.2) is 4.79 Å². The smallest absolute Gasteiger partial charge is 0.329 e. The number of H-pyrrole nitrogens is 1. The number of fused-ring (bicyclic) bond motifs is 3. The van der Waals surface area contributed by atoms with Crippen LogP contribution in [0.4, 0.5) is 0 Å². The van der Waals surface area contributed by atoms with Crippen LogP contribution in [0.2, 0.25) is 0 Å². The molecular formula is C18H19N5O4. The second-order valence-electron chi connectivity index (χ2n) is 6.28. The summed E-state index contributed by atoms with van der Waals surface area (Å²) in [4.78, 5) is 31.3. The average Bonchev–Trinajstić information content (AvgIpc) is 3.16. The number of aromatic amines is 1. The van der Waals surface area contributed by atoms with Crippen LogP contribution in [0.3, 0.4) is 0 Å². The first kappa shape index (κ1) is 17.0. The van der Waals surface area contributed by atoms with Crippen molar-refractivity contribution < 1.29 is 9.47 Å². The van der Waals surface area contributed by atoms with Gasteiger partial charge in [0.15, 0.2) is 11.2 Å². The first-order valence-corrected chi connectivity index (χ1v) is 8.30. The van der Waals surface area contributed by atoms with Crippen molar-refractivity contribution >= 4 is 16.9 Å². The zero-order valence-electron chi connectivity index (χ0n) is 15.7. The number of ether oxygens (including phenoxy) is 2. The summed E-state index contributed by atoms with van der Waals surface area (Å²) in [5, 5.41) is 0. The molecule has 140 valence electrons. The maximum absolute atomic E-state index is 12.5. The largest absolute Gasteiger partial charge is 0.497 e. The van der Waals surface area contributed by atoms with Crippen LogP contribution in [0, 0.1) is 13.8 Å². The van der Waals surface area contributed by atoms with Gasteiger partial charge in [0, 0.05) is 24.5 Å². The van der Waals surface area contributed by atoms with Crippen molar-refractivity contribution in [2.75, 3.05) is 14.2 Å². The standard InChI is InChI=1S/C18H19N5O4/c1-9-10(2)23-14-15(21(3)18(25)20-16(14)24)19-17(23)22(9)12-7-6-11(26-4)8-13(12)27-5/h6-8H,1-5H3,(H,20,24,25). The molecule has 0 aliphatic carbocycles. The number of hydrogen-bond donors (Lipinski definition) is 1. The minimum atomic E-state index is -0.504. The van der Waals surface area contributed by atoms with Crippen LogP contribution in [0.1, 0.15) is 11.4 Å². The number of benzene rings is 1. The Hall–Kier alpha value is -3.49. The predicted molar refractivity (Wildman–Crippen MR) is 100 cm³/mol.